The molecular formula is C28H25N7O2. The number of nitrogens with zero attached hydrogens (tertiary/aromatic N) is 4. The van der Waals surface area contributed by atoms with Crippen molar-refractivity contribution < 1.29 is 9.59 Å². The van der Waals surface area contributed by atoms with Crippen LogP contribution >= 0.6 is 0 Å². The summed E-state index contributed by atoms with van der Waals surface area (Å²) in [5.41, 5.74) is 5.32. The molecule has 2 aromatic heterocycles. The molecule has 0 saturated carbocycles. The fraction of sp³-hybridized carbons (Fsp3) is 0.107. The Hall–Kier alpha value is -5.05. The van der Waals surface area contributed by atoms with Gasteiger partial charge in [-0.3, -0.25) is 9.59 Å². The van der Waals surface area contributed by atoms with Gasteiger partial charge in [0, 0.05) is 42.7 Å². The number of hydrogen-bond acceptors (Lipinski definition) is 6. The topological polar surface area (TPSA) is 114 Å². The maximum Gasteiger partial charge on any atom is 0.251 e. The highest BCUT2D eigenvalue weighted by Crippen LogP contribution is 2.23. The average molecular weight is 492 g/mol. The minimum Gasteiger partial charge on any atom is -0.345 e. The smallest absolute Gasteiger partial charge is 0.251 e. The Labute approximate surface area is 213 Å². The third kappa shape index (κ3) is 5.46. The van der Waals surface area contributed by atoms with Gasteiger partial charge in [0.25, 0.3) is 5.91 Å². The molecular weight excluding hydrogens is 466 g/mol. The molecule has 5 aromatic rings. The van der Waals surface area contributed by atoms with Crippen molar-refractivity contribution in [2.45, 2.75) is 13.5 Å². The van der Waals surface area contributed by atoms with Gasteiger partial charge in [0.05, 0.1) is 23.3 Å². The van der Waals surface area contributed by atoms with E-state index >= 15 is 0 Å². The fourth-order valence-corrected chi connectivity index (χ4v) is 4.02. The number of anilines is 3. The van der Waals surface area contributed by atoms with Crippen molar-refractivity contribution in [2.75, 3.05) is 10.6 Å². The van der Waals surface area contributed by atoms with Gasteiger partial charge in [-0.05, 0) is 48.5 Å². The van der Waals surface area contributed by atoms with Gasteiger partial charge in [-0.1, -0.05) is 30.3 Å². The molecule has 3 aromatic carbocycles. The van der Waals surface area contributed by atoms with Crippen LogP contribution in [0.4, 0.5) is 17.3 Å². The molecule has 0 aliphatic heterocycles. The first kappa shape index (κ1) is 23.7. The molecule has 0 fully saturated rings. The molecule has 0 atom stereocenters. The van der Waals surface area contributed by atoms with Crippen molar-refractivity contribution in [1.82, 2.24) is 24.8 Å². The SMILES string of the molecule is CC(=O)Nc1cccc(-c2ccnc(Nc3cccc(C(=O)NCc4nc5ccccc5n4C)c3)n2)c1. The molecule has 9 heteroatoms. The molecule has 0 aliphatic rings. The van der Waals surface area contributed by atoms with E-state index in [1.807, 2.05) is 66.2 Å². The number of imidazole rings is 1. The summed E-state index contributed by atoms with van der Waals surface area (Å²) in [5.74, 6) is 0.816. The van der Waals surface area contributed by atoms with Crippen LogP contribution in [-0.2, 0) is 18.4 Å². The van der Waals surface area contributed by atoms with E-state index in [-0.39, 0.29) is 11.8 Å². The zero-order valence-electron chi connectivity index (χ0n) is 20.4. The van der Waals surface area contributed by atoms with Gasteiger partial charge in [0.2, 0.25) is 11.9 Å². The number of nitrogens with one attached hydrogen (secondary N) is 3. The summed E-state index contributed by atoms with van der Waals surface area (Å²) < 4.78 is 1.98. The molecule has 0 radical (unpaired) electrons. The molecule has 2 amide bonds. The van der Waals surface area contributed by atoms with Crippen molar-refractivity contribution >= 4 is 40.2 Å². The third-order valence-corrected chi connectivity index (χ3v) is 5.80. The van der Waals surface area contributed by atoms with E-state index in [0.717, 1.165) is 22.4 Å². The van der Waals surface area contributed by atoms with Gasteiger partial charge in [-0.2, -0.15) is 0 Å². The minimum absolute atomic E-state index is 0.139. The van der Waals surface area contributed by atoms with Gasteiger partial charge in [0.15, 0.2) is 0 Å². The Balaban J connectivity index is 1.28. The van der Waals surface area contributed by atoms with Crippen LogP contribution in [0.2, 0.25) is 0 Å². The monoisotopic (exact) mass is 491 g/mol. The molecule has 0 spiro atoms. The molecule has 0 aliphatic carbocycles. The van der Waals surface area contributed by atoms with Crippen molar-refractivity contribution in [2.24, 2.45) is 7.05 Å². The van der Waals surface area contributed by atoms with Crippen molar-refractivity contribution in [3.05, 3.63) is 96.4 Å². The molecule has 3 N–H and O–H groups in total. The maximum absolute atomic E-state index is 12.9. The number of rotatable bonds is 7. The number of amides is 2. The van der Waals surface area contributed by atoms with Gasteiger partial charge in [-0.15, -0.1) is 0 Å². The van der Waals surface area contributed by atoms with Crippen LogP contribution in [0.1, 0.15) is 23.1 Å². The first-order valence-electron chi connectivity index (χ1n) is 11.7. The number of aryl methyl sites for hydroxylation is 1. The van der Waals surface area contributed by atoms with Crippen LogP contribution < -0.4 is 16.0 Å². The second-order valence-electron chi connectivity index (χ2n) is 8.49. The van der Waals surface area contributed by atoms with E-state index in [9.17, 15) is 9.59 Å². The fourth-order valence-electron chi connectivity index (χ4n) is 4.02. The highest BCUT2D eigenvalue weighted by atomic mass is 16.2. The number of para-hydroxylation sites is 2. The normalized spacial score (nSPS) is 10.8. The van der Waals surface area contributed by atoms with Crippen LogP contribution in [0.15, 0.2) is 85.1 Å². The lowest BCUT2D eigenvalue weighted by molar-refractivity contribution is -0.114. The average Bonchev–Trinajstić information content (AvgIpc) is 3.23. The predicted molar refractivity (Wildman–Crippen MR) is 143 cm³/mol. The molecule has 37 heavy (non-hydrogen) atoms. The first-order chi connectivity index (χ1) is 18.0. The largest absolute Gasteiger partial charge is 0.345 e. The number of carbonyl (C=O) groups excluding carboxylic acids is 2. The van der Waals surface area contributed by atoms with E-state index in [2.05, 4.69) is 30.9 Å². The van der Waals surface area contributed by atoms with Crippen LogP contribution in [0.3, 0.4) is 0 Å². The van der Waals surface area contributed by atoms with Gasteiger partial charge < -0.3 is 20.5 Å². The van der Waals surface area contributed by atoms with Crippen LogP contribution in [-0.4, -0.2) is 31.3 Å². The highest BCUT2D eigenvalue weighted by Gasteiger charge is 2.11. The molecule has 184 valence electrons. The van der Waals surface area contributed by atoms with Gasteiger partial charge in [0.1, 0.15) is 5.82 Å². The summed E-state index contributed by atoms with van der Waals surface area (Å²) in [6.45, 7) is 1.78. The van der Waals surface area contributed by atoms with Crippen molar-refractivity contribution in [3.8, 4) is 11.3 Å². The summed E-state index contributed by atoms with van der Waals surface area (Å²) in [5, 5.41) is 8.89. The number of hydrogen-bond donors (Lipinski definition) is 3. The van der Waals surface area contributed by atoms with E-state index in [1.165, 1.54) is 6.92 Å². The number of carbonyl (C=O) groups is 2. The summed E-state index contributed by atoms with van der Waals surface area (Å²) in [6, 6.07) is 24.2. The summed E-state index contributed by atoms with van der Waals surface area (Å²) in [6.07, 6.45) is 1.66. The predicted octanol–water partition coefficient (Wildman–Crippen LogP) is 4.66. The molecule has 0 bridgehead atoms. The molecule has 5 rings (SSSR count). The lowest BCUT2D eigenvalue weighted by Crippen LogP contribution is -2.24. The molecule has 0 unspecified atom stereocenters. The second-order valence-corrected chi connectivity index (χ2v) is 8.49. The lowest BCUT2D eigenvalue weighted by Gasteiger charge is -2.10. The molecule has 9 nitrogen and oxygen atoms in total. The van der Waals surface area contributed by atoms with Crippen molar-refractivity contribution in [1.29, 1.82) is 0 Å². The summed E-state index contributed by atoms with van der Waals surface area (Å²) in [7, 11) is 1.94. The Kier molecular flexibility index (Phi) is 6.58. The Morgan fingerprint density at radius 3 is 2.54 bits per heavy atom. The lowest BCUT2D eigenvalue weighted by atomic mass is 10.1. The number of fused-ring (bicyclic) bond motifs is 1. The van der Waals surface area contributed by atoms with E-state index in [4.69, 9.17) is 0 Å². The number of benzene rings is 3. The van der Waals surface area contributed by atoms with Crippen molar-refractivity contribution in [3.63, 3.8) is 0 Å². The number of aromatic nitrogens is 4. The molecule has 2 heterocycles. The van der Waals surface area contributed by atoms with E-state index < -0.39 is 0 Å². The standard InChI is InChI=1S/C28H25N7O2/c1-18(36)31-21-9-5-7-19(15-21)23-13-14-29-28(34-23)32-22-10-6-8-20(16-22)27(37)30-17-26-33-24-11-3-4-12-25(24)35(26)2/h3-16H,17H2,1-2H3,(H,30,37)(H,31,36)(H,29,32,34). The van der Waals surface area contributed by atoms with E-state index in [0.29, 0.717) is 35.1 Å². The van der Waals surface area contributed by atoms with Crippen LogP contribution in [0, 0.1) is 0 Å². The Morgan fingerprint density at radius 2 is 1.70 bits per heavy atom. The minimum atomic E-state index is -0.208. The zero-order valence-corrected chi connectivity index (χ0v) is 20.4. The summed E-state index contributed by atoms with van der Waals surface area (Å²) >= 11 is 0. The maximum atomic E-state index is 12.9. The van der Waals surface area contributed by atoms with Gasteiger partial charge in [-0.25, -0.2) is 15.0 Å². The highest BCUT2D eigenvalue weighted by molar-refractivity contribution is 5.95. The molecule has 0 saturated heterocycles. The summed E-state index contributed by atoms with van der Waals surface area (Å²) in [4.78, 5) is 37.7. The third-order valence-electron chi connectivity index (χ3n) is 5.80. The second kappa shape index (κ2) is 10.3. The van der Waals surface area contributed by atoms with Crippen LogP contribution in [0.5, 0.6) is 0 Å². The zero-order chi connectivity index (χ0) is 25.8. The first-order valence-corrected chi connectivity index (χ1v) is 11.7. The van der Waals surface area contributed by atoms with E-state index in [1.54, 1.807) is 30.5 Å². The Bertz CT molecular complexity index is 1610. The van der Waals surface area contributed by atoms with Crippen LogP contribution in [0.25, 0.3) is 22.3 Å². The van der Waals surface area contributed by atoms with Gasteiger partial charge >= 0.3 is 0 Å². The Morgan fingerprint density at radius 1 is 0.892 bits per heavy atom. The quantitative estimate of drug-likeness (QED) is 0.305.